The van der Waals surface area contributed by atoms with Crippen LogP contribution in [0, 0.1) is 35.5 Å². The number of carbonyl (C=O) groups is 10. The van der Waals surface area contributed by atoms with Gasteiger partial charge in [-0.05, 0) is 86.1 Å². The summed E-state index contributed by atoms with van der Waals surface area (Å²) >= 11 is 0. The zero-order valence-corrected chi connectivity index (χ0v) is 55.8. The van der Waals surface area contributed by atoms with Crippen molar-refractivity contribution in [3.8, 4) is 5.75 Å². The number of fused-ring (bicyclic) bond motifs is 1. The van der Waals surface area contributed by atoms with Gasteiger partial charge in [-0.2, -0.15) is 0 Å². The molecular weight excluding hydrogens is 1140 g/mol. The predicted molar refractivity (Wildman–Crippen MR) is 338 cm³/mol. The third-order valence-corrected chi connectivity index (χ3v) is 16.6. The van der Waals surface area contributed by atoms with Crippen LogP contribution >= 0.6 is 0 Å². The van der Waals surface area contributed by atoms with Crippen LogP contribution in [0.5, 0.6) is 5.75 Å². The summed E-state index contributed by atoms with van der Waals surface area (Å²) in [6.07, 6.45) is -1.15. The first-order chi connectivity index (χ1) is 41.6. The summed E-state index contributed by atoms with van der Waals surface area (Å²) < 4.78 is 11.7. The summed E-state index contributed by atoms with van der Waals surface area (Å²) in [5, 5.41) is 28.8. The highest BCUT2D eigenvalue weighted by Gasteiger charge is 2.45. The number of cyclic esters (lactones) is 1. The summed E-state index contributed by atoms with van der Waals surface area (Å²) in [4.78, 5) is 156. The average Bonchev–Trinajstić information content (AvgIpc) is 3.40. The van der Waals surface area contributed by atoms with E-state index in [0.717, 1.165) is 4.90 Å². The van der Waals surface area contributed by atoms with Crippen molar-refractivity contribution in [2.75, 3.05) is 42.3 Å². The minimum absolute atomic E-state index is 0.0676. The molecule has 1 saturated heterocycles. The van der Waals surface area contributed by atoms with Crippen LogP contribution < -0.4 is 36.6 Å². The molecule has 24 heteroatoms. The molecular formula is C65H101N11O13. The van der Waals surface area contributed by atoms with Crippen molar-refractivity contribution in [2.45, 2.75) is 189 Å². The summed E-state index contributed by atoms with van der Waals surface area (Å²) in [6, 6.07) is 0.875. The fraction of sp³-hybridized carbons (Fsp3) is 0.631. The van der Waals surface area contributed by atoms with Crippen LogP contribution in [0.2, 0.25) is 0 Å². The molecule has 494 valence electrons. The number of aliphatic hydroxyl groups is 1. The Morgan fingerprint density at radius 1 is 0.539 bits per heavy atom. The molecule has 1 aliphatic heterocycles. The maximum Gasteiger partial charge on any atom is 0.329 e. The van der Waals surface area contributed by atoms with Crippen LogP contribution in [-0.4, -0.2) is 204 Å². The van der Waals surface area contributed by atoms with Crippen molar-refractivity contribution < 1.29 is 62.5 Å². The van der Waals surface area contributed by atoms with E-state index in [9.17, 15) is 38.7 Å². The summed E-state index contributed by atoms with van der Waals surface area (Å²) in [6.45, 7) is 23.5. The number of esters is 1. The van der Waals surface area contributed by atoms with Crippen molar-refractivity contribution in [1.29, 1.82) is 0 Å². The third-order valence-electron chi connectivity index (χ3n) is 16.6. The second kappa shape index (κ2) is 32.8. The molecule has 24 nitrogen and oxygen atoms in total. The van der Waals surface area contributed by atoms with E-state index in [0.29, 0.717) is 27.8 Å². The van der Waals surface area contributed by atoms with Crippen LogP contribution in [0.1, 0.15) is 114 Å². The number of H-pyrrole nitrogens is 1. The fourth-order valence-corrected chi connectivity index (χ4v) is 11.4. The molecule has 1 aromatic heterocycles. The number of methoxy groups -OCH3 is 1. The second-order valence-electron chi connectivity index (χ2n) is 25.8. The van der Waals surface area contributed by atoms with E-state index in [1.54, 1.807) is 118 Å². The lowest BCUT2D eigenvalue weighted by atomic mass is 9.95. The van der Waals surface area contributed by atoms with Gasteiger partial charge >= 0.3 is 5.97 Å². The summed E-state index contributed by atoms with van der Waals surface area (Å²) in [5.74, 6) is -10.3. The average molecular weight is 1240 g/mol. The van der Waals surface area contributed by atoms with Crippen LogP contribution in [0.15, 0.2) is 54.7 Å². The van der Waals surface area contributed by atoms with E-state index in [2.05, 4.69) is 36.9 Å². The van der Waals surface area contributed by atoms with Crippen molar-refractivity contribution in [2.24, 2.45) is 35.5 Å². The van der Waals surface area contributed by atoms with Crippen molar-refractivity contribution >= 4 is 70.0 Å². The van der Waals surface area contributed by atoms with Crippen LogP contribution in [-0.2, 0) is 65.5 Å². The van der Waals surface area contributed by atoms with Gasteiger partial charge < -0.3 is 71.1 Å². The van der Waals surface area contributed by atoms with E-state index >= 15 is 14.4 Å². The van der Waals surface area contributed by atoms with Gasteiger partial charge in [0.05, 0.1) is 13.2 Å². The first-order valence-corrected chi connectivity index (χ1v) is 30.9. The van der Waals surface area contributed by atoms with E-state index < -0.39 is 161 Å². The molecule has 1 fully saturated rings. The molecule has 12 unspecified atom stereocenters. The van der Waals surface area contributed by atoms with Gasteiger partial charge in [-0.1, -0.05) is 119 Å². The Bertz CT molecular complexity index is 2950. The number of likely N-dealkylation sites (N-methyl/N-ethyl adjacent to an activating group) is 5. The van der Waals surface area contributed by atoms with E-state index in [1.807, 2.05) is 19.9 Å². The largest absolute Gasteiger partial charge is 0.496 e. The number of nitrogens with zero attached hydrogens (tertiary/aromatic N) is 4. The molecule has 3 aromatic rings. The van der Waals surface area contributed by atoms with Crippen LogP contribution in [0.25, 0.3) is 10.9 Å². The molecule has 8 N–H and O–H groups in total. The topological polar surface area (TPSA) is 310 Å². The Morgan fingerprint density at radius 3 is 1.56 bits per heavy atom. The molecule has 0 saturated carbocycles. The zero-order valence-electron chi connectivity index (χ0n) is 55.8. The number of hydrogen-bond donors (Lipinski definition) is 8. The van der Waals surface area contributed by atoms with Crippen LogP contribution in [0.3, 0.4) is 0 Å². The number of hydrogen-bond acceptors (Lipinski definition) is 14. The monoisotopic (exact) mass is 1240 g/mol. The van der Waals surface area contributed by atoms with Crippen molar-refractivity contribution in [3.63, 3.8) is 0 Å². The zero-order chi connectivity index (χ0) is 67.2. The minimum Gasteiger partial charge on any atom is -0.496 e. The Kier molecular flexibility index (Phi) is 27.2. The Hall–Kier alpha value is -7.60. The molecule has 0 aliphatic carbocycles. The standard InChI is InChI=1S/C65H101N11O13/c1-33(2)29-45-57(79)70-51(36(7)8)62(84)75(18)54(38(11)12)64(86)74(17)46(31-42-32-67-43-27-24-28-47(88-20)48(42)43)58(80)69-49(34(3)4)59(81)68-44(30-41-25-22-21-23-26-41)56(78)72-52(37(9)10)65(87)89-40(14)53(66-15)63(85)76(19)55(39(13)77)60(82)71-50(35(5)6)61(83)73(45)16/h21-28,32-40,44-46,49-55,66-67,77H,29-31H2,1-20H3,(H,68,81)(H,69,80)(H,70,79)(H,71,82)(H,72,78). The molecule has 12 atom stereocenters. The summed E-state index contributed by atoms with van der Waals surface area (Å²) in [7, 11) is 8.52. The molecule has 1 aliphatic rings. The van der Waals surface area contributed by atoms with Gasteiger partial charge in [0.25, 0.3) is 0 Å². The maximum absolute atomic E-state index is 15.4. The lowest BCUT2D eigenvalue weighted by Gasteiger charge is -2.39. The number of ether oxygens (including phenoxy) is 2. The number of nitrogens with one attached hydrogen (secondary N) is 7. The molecule has 2 heterocycles. The Labute approximate surface area is 525 Å². The number of aliphatic hydroxyl groups excluding tert-OH is 1. The smallest absolute Gasteiger partial charge is 0.329 e. The molecule has 0 spiro atoms. The number of amides is 9. The first-order valence-electron chi connectivity index (χ1n) is 30.9. The molecule has 89 heavy (non-hydrogen) atoms. The number of aromatic amines is 1. The van der Waals surface area contributed by atoms with Gasteiger partial charge in [-0.25, -0.2) is 4.79 Å². The highest BCUT2D eigenvalue weighted by molar-refractivity contribution is 6.00. The normalized spacial score (nSPS) is 26.0. The van der Waals surface area contributed by atoms with E-state index in [-0.39, 0.29) is 25.2 Å². The van der Waals surface area contributed by atoms with Gasteiger partial charge in [-0.3, -0.25) is 43.2 Å². The highest BCUT2D eigenvalue weighted by Crippen LogP contribution is 2.31. The van der Waals surface area contributed by atoms with Crippen LogP contribution in [0.4, 0.5) is 0 Å². The first kappa shape index (κ1) is 73.9. The lowest BCUT2D eigenvalue weighted by molar-refractivity contribution is -0.159. The Balaban J connectivity index is 1.97. The van der Waals surface area contributed by atoms with Gasteiger partial charge in [0.15, 0.2) is 0 Å². The number of aromatic nitrogens is 1. The predicted octanol–water partition coefficient (Wildman–Crippen LogP) is 2.93. The van der Waals surface area contributed by atoms with Crippen molar-refractivity contribution in [1.82, 2.24) is 56.5 Å². The van der Waals surface area contributed by atoms with Gasteiger partial charge in [0, 0.05) is 58.1 Å². The third kappa shape index (κ3) is 18.5. The van der Waals surface area contributed by atoms with E-state index in [4.69, 9.17) is 9.47 Å². The molecule has 0 radical (unpaired) electrons. The SMILES string of the molecule is CNC1C(=O)N(C)C(C(C)O)C(=O)NC(C(C)C)C(=O)N(C)C(CC(C)C)C(=O)NC(C(C)C)C(=O)N(C)C(C(C)C)C(=O)N(C)C(Cc2c[nH]c3cccc(OC)c23)C(=O)NC(C(C)C)C(=O)NC(Cc2ccccc2)C(=O)NC(C(C)C)C(=O)OC1C. The highest BCUT2D eigenvalue weighted by atomic mass is 16.5. The number of rotatable bonds is 14. The summed E-state index contributed by atoms with van der Waals surface area (Å²) in [5.41, 5.74) is 1.91. The lowest BCUT2D eigenvalue weighted by Crippen LogP contribution is -2.63. The van der Waals surface area contributed by atoms with E-state index in [1.165, 1.54) is 70.9 Å². The maximum atomic E-state index is 15.4. The molecule has 9 amide bonds. The van der Waals surface area contributed by atoms with Crippen molar-refractivity contribution in [3.05, 3.63) is 65.9 Å². The van der Waals surface area contributed by atoms with Gasteiger partial charge in [0.1, 0.15) is 72.3 Å². The molecule has 2 aromatic carbocycles. The Morgan fingerprint density at radius 2 is 1.04 bits per heavy atom. The fourth-order valence-electron chi connectivity index (χ4n) is 11.4. The number of carbonyl (C=O) groups excluding carboxylic acids is 10. The molecule has 0 bridgehead atoms. The molecule has 4 rings (SSSR count). The van der Waals surface area contributed by atoms with Gasteiger partial charge in [0.2, 0.25) is 53.2 Å². The second-order valence-corrected chi connectivity index (χ2v) is 25.8. The van der Waals surface area contributed by atoms with Gasteiger partial charge in [-0.15, -0.1) is 0 Å². The quantitative estimate of drug-likeness (QED) is 0.108. The minimum atomic E-state index is -1.60. The number of benzene rings is 2.